The predicted octanol–water partition coefficient (Wildman–Crippen LogP) is 4.20. The third-order valence-electron chi connectivity index (χ3n) is 6.39. The molecule has 2 saturated carbocycles. The topological polar surface area (TPSA) is 15.3 Å². The molecule has 2 aliphatic carbocycles. The van der Waals surface area contributed by atoms with Crippen molar-refractivity contribution in [2.24, 2.45) is 11.8 Å². The fourth-order valence-electron chi connectivity index (χ4n) is 5.28. The second kappa shape index (κ2) is 7.97. The quantitative estimate of drug-likeness (QED) is 0.817. The highest BCUT2D eigenvalue weighted by Crippen LogP contribution is 2.36. The Morgan fingerprint density at radius 1 is 0.905 bits per heavy atom. The maximum atomic E-state index is 3.86. The smallest absolute Gasteiger partial charge is 0.0124 e. The van der Waals surface area contributed by atoms with E-state index in [-0.39, 0.29) is 0 Å². The van der Waals surface area contributed by atoms with Crippen LogP contribution >= 0.6 is 0 Å². The molecule has 3 aliphatic rings. The van der Waals surface area contributed by atoms with Gasteiger partial charge in [0.15, 0.2) is 0 Å². The molecule has 1 aliphatic heterocycles. The van der Waals surface area contributed by atoms with E-state index in [0.29, 0.717) is 0 Å². The van der Waals surface area contributed by atoms with Crippen molar-refractivity contribution in [3.05, 3.63) is 0 Å². The molecule has 21 heavy (non-hydrogen) atoms. The lowest BCUT2D eigenvalue weighted by atomic mass is 9.77. The van der Waals surface area contributed by atoms with Crippen molar-refractivity contribution in [1.29, 1.82) is 0 Å². The number of hydrogen-bond donors (Lipinski definition) is 1. The zero-order valence-electron chi connectivity index (χ0n) is 14.2. The fourth-order valence-corrected chi connectivity index (χ4v) is 5.28. The first kappa shape index (κ1) is 15.8. The Balaban J connectivity index is 1.57. The molecular formula is C19H36N2. The summed E-state index contributed by atoms with van der Waals surface area (Å²) in [6.45, 7) is 6.29. The van der Waals surface area contributed by atoms with Crippen LogP contribution in [-0.2, 0) is 0 Å². The van der Waals surface area contributed by atoms with Gasteiger partial charge in [-0.25, -0.2) is 0 Å². The van der Waals surface area contributed by atoms with Crippen LogP contribution in [0.1, 0.15) is 77.6 Å². The molecule has 1 saturated heterocycles. The fraction of sp³-hybridized carbons (Fsp3) is 1.00. The maximum absolute atomic E-state index is 3.86. The number of rotatable bonds is 5. The summed E-state index contributed by atoms with van der Waals surface area (Å²) in [4.78, 5) is 2.92. The van der Waals surface area contributed by atoms with Crippen molar-refractivity contribution in [3.8, 4) is 0 Å². The van der Waals surface area contributed by atoms with Gasteiger partial charge in [-0.1, -0.05) is 32.6 Å². The van der Waals surface area contributed by atoms with Gasteiger partial charge in [-0.15, -0.1) is 0 Å². The highest BCUT2D eigenvalue weighted by molar-refractivity contribution is 4.91. The van der Waals surface area contributed by atoms with Crippen LogP contribution in [0.25, 0.3) is 0 Å². The van der Waals surface area contributed by atoms with E-state index in [0.717, 1.165) is 23.9 Å². The molecule has 0 aromatic heterocycles. The van der Waals surface area contributed by atoms with E-state index < -0.39 is 0 Å². The van der Waals surface area contributed by atoms with E-state index in [2.05, 4.69) is 17.1 Å². The average Bonchev–Trinajstić information content (AvgIpc) is 2.54. The Kier molecular flexibility index (Phi) is 5.99. The van der Waals surface area contributed by atoms with E-state index in [4.69, 9.17) is 0 Å². The Labute approximate surface area is 132 Å². The highest BCUT2D eigenvalue weighted by atomic mass is 15.2. The molecule has 4 atom stereocenters. The van der Waals surface area contributed by atoms with Crippen molar-refractivity contribution < 1.29 is 0 Å². The van der Waals surface area contributed by atoms with E-state index in [1.54, 1.807) is 0 Å². The number of nitrogens with zero attached hydrogens (tertiary/aromatic N) is 1. The third-order valence-corrected chi connectivity index (χ3v) is 6.39. The van der Waals surface area contributed by atoms with Gasteiger partial charge in [0.2, 0.25) is 0 Å². The van der Waals surface area contributed by atoms with Crippen LogP contribution < -0.4 is 5.32 Å². The minimum atomic E-state index is 0.808. The second-order valence-corrected chi connectivity index (χ2v) is 7.85. The van der Waals surface area contributed by atoms with Crippen molar-refractivity contribution in [2.45, 2.75) is 89.6 Å². The summed E-state index contributed by atoms with van der Waals surface area (Å²) < 4.78 is 0. The summed E-state index contributed by atoms with van der Waals surface area (Å²) in [6, 6.07) is 1.75. The molecule has 1 heterocycles. The van der Waals surface area contributed by atoms with Crippen LogP contribution in [0.2, 0.25) is 0 Å². The third kappa shape index (κ3) is 4.01. The minimum absolute atomic E-state index is 0.808. The van der Waals surface area contributed by atoms with Crippen LogP contribution in [0.5, 0.6) is 0 Å². The molecule has 3 fully saturated rings. The number of nitrogens with one attached hydrogen (secondary N) is 1. The number of piperidine rings is 1. The molecule has 0 aromatic rings. The Morgan fingerprint density at radius 3 is 2.57 bits per heavy atom. The first-order valence-electron chi connectivity index (χ1n) is 9.86. The molecule has 0 radical (unpaired) electrons. The molecule has 2 nitrogen and oxygen atoms in total. The standard InChI is InChI=1S/C19H36N2/c1-2-13-20-18-11-5-3-9-17(18)15-21-14-7-10-16-8-4-6-12-19(16)21/h16-20H,2-15H2,1H3. The highest BCUT2D eigenvalue weighted by Gasteiger charge is 2.35. The zero-order valence-corrected chi connectivity index (χ0v) is 14.2. The molecule has 122 valence electrons. The van der Waals surface area contributed by atoms with E-state index in [9.17, 15) is 0 Å². The minimum Gasteiger partial charge on any atom is -0.314 e. The lowest BCUT2D eigenvalue weighted by Crippen LogP contribution is -2.51. The number of hydrogen-bond acceptors (Lipinski definition) is 2. The summed E-state index contributed by atoms with van der Waals surface area (Å²) in [5.74, 6) is 1.96. The van der Waals surface area contributed by atoms with Crippen molar-refractivity contribution in [3.63, 3.8) is 0 Å². The lowest BCUT2D eigenvalue weighted by molar-refractivity contribution is 0.0368. The normalized spacial score (nSPS) is 38.1. The van der Waals surface area contributed by atoms with Gasteiger partial charge in [-0.3, -0.25) is 4.90 Å². The average molecular weight is 293 g/mol. The van der Waals surface area contributed by atoms with Gasteiger partial charge in [0.05, 0.1) is 0 Å². The van der Waals surface area contributed by atoms with Gasteiger partial charge in [-0.2, -0.15) is 0 Å². The summed E-state index contributed by atoms with van der Waals surface area (Å²) in [6.07, 6.45) is 16.1. The summed E-state index contributed by atoms with van der Waals surface area (Å²) >= 11 is 0. The van der Waals surface area contributed by atoms with Gasteiger partial charge in [0.1, 0.15) is 0 Å². The van der Waals surface area contributed by atoms with Crippen LogP contribution in [0.3, 0.4) is 0 Å². The monoisotopic (exact) mass is 292 g/mol. The zero-order chi connectivity index (χ0) is 14.5. The molecular weight excluding hydrogens is 256 g/mol. The molecule has 1 N–H and O–H groups in total. The molecule has 0 amide bonds. The molecule has 4 unspecified atom stereocenters. The summed E-state index contributed by atoms with van der Waals surface area (Å²) in [5.41, 5.74) is 0. The van der Waals surface area contributed by atoms with Crippen LogP contribution in [0.15, 0.2) is 0 Å². The maximum Gasteiger partial charge on any atom is 0.0124 e. The van der Waals surface area contributed by atoms with Crippen LogP contribution in [0.4, 0.5) is 0 Å². The first-order valence-corrected chi connectivity index (χ1v) is 9.86. The van der Waals surface area contributed by atoms with Gasteiger partial charge >= 0.3 is 0 Å². The first-order chi connectivity index (χ1) is 10.4. The number of likely N-dealkylation sites (tertiary alicyclic amines) is 1. The SMILES string of the molecule is CCCNC1CCCCC1CN1CCCC2CCCCC21. The Hall–Kier alpha value is -0.0800. The van der Waals surface area contributed by atoms with Crippen molar-refractivity contribution in [1.82, 2.24) is 10.2 Å². The largest absolute Gasteiger partial charge is 0.314 e. The van der Waals surface area contributed by atoms with E-state index >= 15 is 0 Å². The van der Waals surface area contributed by atoms with Gasteiger partial charge < -0.3 is 5.32 Å². The Bertz CT molecular complexity index is 302. The second-order valence-electron chi connectivity index (χ2n) is 7.85. The van der Waals surface area contributed by atoms with E-state index in [1.807, 2.05) is 0 Å². The van der Waals surface area contributed by atoms with Gasteiger partial charge in [0.25, 0.3) is 0 Å². The molecule has 0 bridgehead atoms. The molecule has 2 heteroatoms. The summed E-state index contributed by atoms with van der Waals surface area (Å²) in [7, 11) is 0. The van der Waals surface area contributed by atoms with E-state index in [1.165, 1.54) is 90.3 Å². The summed E-state index contributed by atoms with van der Waals surface area (Å²) in [5, 5.41) is 3.86. The number of fused-ring (bicyclic) bond motifs is 1. The van der Waals surface area contributed by atoms with Crippen LogP contribution in [-0.4, -0.2) is 36.6 Å². The van der Waals surface area contributed by atoms with Crippen LogP contribution in [0, 0.1) is 11.8 Å². The Morgan fingerprint density at radius 2 is 1.67 bits per heavy atom. The molecule has 3 rings (SSSR count). The predicted molar refractivity (Wildman–Crippen MR) is 90.6 cm³/mol. The molecule has 0 aromatic carbocycles. The lowest BCUT2D eigenvalue weighted by Gasteiger charge is -2.47. The van der Waals surface area contributed by atoms with Crippen molar-refractivity contribution >= 4 is 0 Å². The van der Waals surface area contributed by atoms with Gasteiger partial charge in [0, 0.05) is 18.6 Å². The molecule has 0 spiro atoms. The van der Waals surface area contributed by atoms with Gasteiger partial charge in [-0.05, 0) is 69.9 Å². The van der Waals surface area contributed by atoms with Crippen molar-refractivity contribution in [2.75, 3.05) is 19.6 Å².